The fraction of sp³-hybridized carbons (Fsp3) is 0.318. The molecule has 2 N–H and O–H groups in total. The van der Waals surface area contributed by atoms with E-state index >= 15 is 0 Å². The van der Waals surface area contributed by atoms with Gasteiger partial charge >= 0.3 is 5.69 Å². The quantitative estimate of drug-likeness (QED) is 0.442. The van der Waals surface area contributed by atoms with Gasteiger partial charge in [0.1, 0.15) is 5.75 Å². The van der Waals surface area contributed by atoms with Crippen LogP contribution in [0.3, 0.4) is 0 Å². The van der Waals surface area contributed by atoms with Crippen molar-refractivity contribution in [3.05, 3.63) is 80.0 Å². The second kappa shape index (κ2) is 9.53. The van der Waals surface area contributed by atoms with Gasteiger partial charge in [0.15, 0.2) is 0 Å². The first-order valence-corrected chi connectivity index (χ1v) is 10.8. The Morgan fingerprint density at radius 1 is 1.06 bits per heavy atom. The number of hydrogen-bond donors (Lipinski definition) is 1. The lowest BCUT2D eigenvalue weighted by Crippen LogP contribution is -2.49. The maximum Gasteiger partial charge on any atom is 0.333 e. The zero-order chi connectivity index (χ0) is 22.7. The molecule has 31 heavy (non-hydrogen) atoms. The maximum atomic E-state index is 13.3. The van der Waals surface area contributed by atoms with Gasteiger partial charge in [0.25, 0.3) is 0 Å². The Balaban J connectivity index is 2.20. The summed E-state index contributed by atoms with van der Waals surface area (Å²) in [4.78, 5) is 18.0. The number of nitrogen functional groups attached to an aromatic ring is 1. The molecule has 0 fully saturated rings. The van der Waals surface area contributed by atoms with Crippen molar-refractivity contribution >= 4 is 29.5 Å². The van der Waals surface area contributed by atoms with Crippen molar-refractivity contribution in [1.29, 1.82) is 0 Å². The molecule has 0 unspecified atom stereocenters. The highest BCUT2D eigenvalue weighted by atomic mass is 35.5. The van der Waals surface area contributed by atoms with Gasteiger partial charge in [-0.15, -0.1) is 0 Å². The maximum absolute atomic E-state index is 13.3. The predicted molar refractivity (Wildman–Crippen MR) is 126 cm³/mol. The number of rotatable bonds is 6. The van der Waals surface area contributed by atoms with Crippen molar-refractivity contribution in [3.63, 3.8) is 0 Å². The van der Waals surface area contributed by atoms with Crippen molar-refractivity contribution in [3.8, 4) is 5.75 Å². The van der Waals surface area contributed by atoms with Gasteiger partial charge in [-0.3, -0.25) is 9.13 Å². The summed E-state index contributed by atoms with van der Waals surface area (Å²) in [6.07, 6.45) is 0.0712. The van der Waals surface area contributed by atoms with E-state index in [9.17, 15) is 4.79 Å². The van der Waals surface area contributed by atoms with E-state index in [1.54, 1.807) is 24.3 Å². The number of halogens is 1. The second-order valence-corrected chi connectivity index (χ2v) is 8.49. The van der Waals surface area contributed by atoms with Crippen LogP contribution in [0.25, 0.3) is 0 Å². The summed E-state index contributed by atoms with van der Waals surface area (Å²) < 4.78 is 10.1. The highest BCUT2D eigenvalue weighted by Gasteiger charge is 2.14. The number of nitrogens with zero attached hydrogens (tertiary/aromatic N) is 4. The summed E-state index contributed by atoms with van der Waals surface area (Å²) >= 11 is 11.5. The lowest BCUT2D eigenvalue weighted by Gasteiger charge is -2.17. The van der Waals surface area contributed by atoms with Crippen LogP contribution in [0, 0.1) is 4.77 Å². The molecule has 0 saturated heterocycles. The monoisotopic (exact) mass is 459 g/mol. The molecule has 0 spiro atoms. The zero-order valence-electron chi connectivity index (χ0n) is 17.9. The molecule has 0 saturated carbocycles. The minimum Gasteiger partial charge on any atom is -0.491 e. The van der Waals surface area contributed by atoms with Gasteiger partial charge in [-0.25, -0.2) is 14.5 Å². The molecule has 3 rings (SSSR count). The number of aromatic nitrogens is 3. The van der Waals surface area contributed by atoms with Gasteiger partial charge in [0.05, 0.1) is 18.3 Å². The number of benzene rings is 2. The molecule has 7 nitrogen and oxygen atoms in total. The van der Waals surface area contributed by atoms with Gasteiger partial charge in [-0.05, 0) is 81.9 Å². The molecular weight excluding hydrogens is 434 g/mol. The normalized spacial score (nSPS) is 12.0. The lowest BCUT2D eigenvalue weighted by atomic mass is 10.2. The third-order valence-corrected chi connectivity index (χ3v) is 5.16. The van der Waals surface area contributed by atoms with Crippen LogP contribution in [0.2, 0.25) is 5.02 Å². The molecule has 9 heteroatoms. The topological polar surface area (TPSA) is 79.5 Å². The summed E-state index contributed by atoms with van der Waals surface area (Å²) in [5.41, 5.74) is 1.47. The summed E-state index contributed by atoms with van der Waals surface area (Å²) in [5.74, 6) is 7.04. The van der Waals surface area contributed by atoms with Crippen LogP contribution in [0.4, 0.5) is 5.69 Å². The van der Waals surface area contributed by atoms with E-state index in [1.807, 2.05) is 52.0 Å². The van der Waals surface area contributed by atoms with Gasteiger partial charge in [0.2, 0.25) is 10.4 Å². The van der Waals surface area contributed by atoms with Crippen molar-refractivity contribution in [1.82, 2.24) is 13.8 Å². The third-order valence-electron chi connectivity index (χ3n) is 4.51. The van der Waals surface area contributed by atoms with Gasteiger partial charge in [0, 0.05) is 11.1 Å². The number of hydrogen-bond acceptors (Lipinski definition) is 5. The van der Waals surface area contributed by atoms with E-state index in [-0.39, 0.29) is 34.8 Å². The molecule has 1 heterocycles. The molecule has 2 aromatic carbocycles. The lowest BCUT2D eigenvalue weighted by molar-refractivity contribution is 0.242. The Morgan fingerprint density at radius 3 is 2.23 bits per heavy atom. The predicted octanol–water partition coefficient (Wildman–Crippen LogP) is 4.20. The molecule has 0 aliphatic heterocycles. The smallest absolute Gasteiger partial charge is 0.333 e. The van der Waals surface area contributed by atoms with Crippen LogP contribution in [0.15, 0.2) is 58.3 Å². The van der Waals surface area contributed by atoms with E-state index < -0.39 is 0 Å². The average Bonchev–Trinajstić information content (AvgIpc) is 2.71. The highest BCUT2D eigenvalue weighted by molar-refractivity contribution is 7.71. The van der Waals surface area contributed by atoms with Crippen molar-refractivity contribution in [2.75, 3.05) is 5.84 Å². The standard InChI is InChI=1S/C22H26ClN5O2S/c1-14(2)27-21(29)26(13-16-5-7-17(23)8-6-16)20(28(24)22(27)31)25-18-9-11-19(12-10-18)30-15(3)4/h5-12,14-15H,13,24H2,1-4H3. The van der Waals surface area contributed by atoms with E-state index in [2.05, 4.69) is 4.99 Å². The first kappa shape index (κ1) is 22.8. The Morgan fingerprint density at radius 2 is 1.68 bits per heavy atom. The number of ether oxygens (including phenoxy) is 1. The molecule has 3 aromatic rings. The Labute approximate surface area is 191 Å². The molecule has 0 radical (unpaired) electrons. The van der Waals surface area contributed by atoms with E-state index in [0.717, 1.165) is 11.3 Å². The first-order valence-electron chi connectivity index (χ1n) is 9.96. The van der Waals surface area contributed by atoms with Crippen molar-refractivity contribution in [2.24, 2.45) is 4.99 Å². The highest BCUT2D eigenvalue weighted by Crippen LogP contribution is 2.18. The summed E-state index contributed by atoms with van der Waals surface area (Å²) in [6.45, 7) is 7.96. The van der Waals surface area contributed by atoms with Gasteiger partial charge in [-0.1, -0.05) is 23.7 Å². The summed E-state index contributed by atoms with van der Waals surface area (Å²) in [5, 5.41) is 0.622. The van der Waals surface area contributed by atoms with Gasteiger partial charge in [-0.2, -0.15) is 0 Å². The van der Waals surface area contributed by atoms with E-state index in [1.165, 1.54) is 13.8 Å². The van der Waals surface area contributed by atoms with Crippen LogP contribution >= 0.6 is 23.8 Å². The van der Waals surface area contributed by atoms with Crippen LogP contribution < -0.4 is 21.9 Å². The minimum atomic E-state index is -0.282. The fourth-order valence-electron chi connectivity index (χ4n) is 3.08. The van der Waals surface area contributed by atoms with Crippen LogP contribution in [-0.2, 0) is 6.54 Å². The first-order chi connectivity index (χ1) is 14.7. The largest absolute Gasteiger partial charge is 0.491 e. The van der Waals surface area contributed by atoms with Crippen molar-refractivity contribution < 1.29 is 4.74 Å². The second-order valence-electron chi connectivity index (χ2n) is 7.68. The molecule has 0 aliphatic carbocycles. The van der Waals surface area contributed by atoms with Gasteiger partial charge < -0.3 is 10.6 Å². The Hall–Kier alpha value is -2.84. The number of nitrogens with two attached hydrogens (primary N) is 1. The molecule has 0 aliphatic rings. The summed E-state index contributed by atoms with van der Waals surface area (Å²) in [6, 6.07) is 14.4. The third kappa shape index (κ3) is 5.26. The molecule has 0 atom stereocenters. The van der Waals surface area contributed by atoms with E-state index in [4.69, 9.17) is 34.4 Å². The molecule has 164 valence electrons. The molecule has 1 aromatic heterocycles. The minimum absolute atomic E-state index is 0.0712. The average molecular weight is 460 g/mol. The van der Waals surface area contributed by atoms with Crippen molar-refractivity contribution in [2.45, 2.75) is 46.4 Å². The van der Waals surface area contributed by atoms with Crippen LogP contribution in [-0.4, -0.2) is 19.9 Å². The molecular formula is C22H26ClN5O2S. The zero-order valence-corrected chi connectivity index (χ0v) is 19.5. The SMILES string of the molecule is CC(C)Oc1ccc(N=c2n(N)c(=S)n(C(C)C)c(=O)n2Cc2ccc(Cl)cc2)cc1. The Bertz CT molecular complexity index is 1240. The Kier molecular flexibility index (Phi) is 7.02. The summed E-state index contributed by atoms with van der Waals surface area (Å²) in [7, 11) is 0. The fourth-order valence-corrected chi connectivity index (χ4v) is 3.58. The molecule has 0 amide bonds. The van der Waals surface area contributed by atoms with Crippen LogP contribution in [0.5, 0.6) is 5.75 Å². The van der Waals surface area contributed by atoms with Crippen LogP contribution in [0.1, 0.15) is 39.3 Å². The van der Waals surface area contributed by atoms with E-state index in [0.29, 0.717) is 10.7 Å². The molecule has 0 bridgehead atoms.